The molecule has 1 unspecified atom stereocenters. The van der Waals surface area contributed by atoms with Gasteiger partial charge in [-0.3, -0.25) is 4.79 Å². The lowest BCUT2D eigenvalue weighted by atomic mass is 10.1. The number of aryl methyl sites for hydroxylation is 1. The summed E-state index contributed by atoms with van der Waals surface area (Å²) < 4.78 is 15.6. The summed E-state index contributed by atoms with van der Waals surface area (Å²) in [6.07, 6.45) is 0. The van der Waals surface area contributed by atoms with Gasteiger partial charge in [0.05, 0.1) is 12.6 Å². The van der Waals surface area contributed by atoms with Gasteiger partial charge < -0.3 is 15.0 Å². The Bertz CT molecular complexity index is 952. The van der Waals surface area contributed by atoms with Gasteiger partial charge in [0.15, 0.2) is 0 Å². The molecule has 0 aliphatic rings. The average molecular weight is 361 g/mol. The summed E-state index contributed by atoms with van der Waals surface area (Å²) >= 11 is 6.02. The van der Waals surface area contributed by atoms with Gasteiger partial charge in [-0.05, 0) is 36.8 Å². The van der Waals surface area contributed by atoms with Crippen molar-refractivity contribution in [2.45, 2.75) is 19.6 Å². The number of benzene rings is 2. The highest BCUT2D eigenvalue weighted by Gasteiger charge is 2.17. The molecule has 0 aliphatic carbocycles. The van der Waals surface area contributed by atoms with Crippen molar-refractivity contribution in [3.05, 3.63) is 70.1 Å². The molecule has 130 valence electrons. The van der Waals surface area contributed by atoms with Gasteiger partial charge in [-0.25, -0.2) is 4.39 Å². The lowest BCUT2D eigenvalue weighted by Crippen LogP contribution is -2.28. The second-order valence-corrected chi connectivity index (χ2v) is 6.43. The van der Waals surface area contributed by atoms with Crippen LogP contribution >= 0.6 is 11.6 Å². The second kappa shape index (κ2) is 6.86. The van der Waals surface area contributed by atoms with Gasteiger partial charge in [0, 0.05) is 28.5 Å². The van der Waals surface area contributed by atoms with Crippen LogP contribution in [0.1, 0.15) is 34.6 Å². The van der Waals surface area contributed by atoms with E-state index in [2.05, 4.69) is 5.32 Å². The van der Waals surface area contributed by atoms with Gasteiger partial charge >= 0.3 is 0 Å². The van der Waals surface area contributed by atoms with Crippen molar-refractivity contribution in [3.8, 4) is 0 Å². The van der Waals surface area contributed by atoms with Gasteiger partial charge in [0.1, 0.15) is 11.5 Å². The summed E-state index contributed by atoms with van der Waals surface area (Å²) in [6, 6.07) is 11.4. The summed E-state index contributed by atoms with van der Waals surface area (Å²) in [4.78, 5) is 12.6. The van der Waals surface area contributed by atoms with E-state index in [1.807, 2.05) is 6.07 Å². The van der Waals surface area contributed by atoms with Crippen LogP contribution in [0.15, 0.2) is 42.5 Å². The Kier molecular flexibility index (Phi) is 4.79. The maximum Gasteiger partial charge on any atom is 0.268 e. The Morgan fingerprint density at radius 2 is 2.04 bits per heavy atom. The van der Waals surface area contributed by atoms with Crippen LogP contribution < -0.4 is 5.32 Å². The highest BCUT2D eigenvalue weighted by Crippen LogP contribution is 2.23. The number of carbonyl (C=O) groups is 1. The predicted molar refractivity (Wildman–Crippen MR) is 96.1 cm³/mol. The number of hydrogen-bond donors (Lipinski definition) is 2. The van der Waals surface area contributed by atoms with E-state index in [-0.39, 0.29) is 24.1 Å². The number of hydrogen-bond acceptors (Lipinski definition) is 2. The number of halogens is 2. The van der Waals surface area contributed by atoms with Crippen LogP contribution in [0.2, 0.25) is 5.02 Å². The van der Waals surface area contributed by atoms with Gasteiger partial charge in [-0.15, -0.1) is 0 Å². The fraction of sp³-hybridized carbons (Fsp3) is 0.211. The van der Waals surface area contributed by atoms with Crippen molar-refractivity contribution < 1.29 is 14.3 Å². The van der Waals surface area contributed by atoms with Gasteiger partial charge in [-0.2, -0.15) is 0 Å². The summed E-state index contributed by atoms with van der Waals surface area (Å²) in [7, 11) is 1.80. The first kappa shape index (κ1) is 17.5. The van der Waals surface area contributed by atoms with Crippen LogP contribution in [0, 0.1) is 5.82 Å². The predicted octanol–water partition coefficient (Wildman–Crippen LogP) is 3.95. The number of fused-ring (bicyclic) bond motifs is 1. The number of carbonyl (C=O) groups excluding carboxylic acids is 1. The Morgan fingerprint density at radius 1 is 1.28 bits per heavy atom. The minimum absolute atomic E-state index is 0.229. The molecule has 0 radical (unpaired) electrons. The van der Waals surface area contributed by atoms with E-state index in [0.29, 0.717) is 16.3 Å². The van der Waals surface area contributed by atoms with Crippen molar-refractivity contribution in [1.29, 1.82) is 0 Å². The monoisotopic (exact) mass is 360 g/mol. The second-order valence-electron chi connectivity index (χ2n) is 6.00. The minimum atomic E-state index is -0.486. The SMILES string of the molecule is CC(NC(=O)c1cc2ccc(Cl)cc2n1C)c1ccc(CO)c(F)c1. The van der Waals surface area contributed by atoms with Crippen molar-refractivity contribution in [2.75, 3.05) is 0 Å². The first-order valence-corrected chi connectivity index (χ1v) is 8.23. The molecule has 0 saturated heterocycles. The maximum absolute atomic E-state index is 13.8. The van der Waals surface area contributed by atoms with Gasteiger partial charge in [0.25, 0.3) is 5.91 Å². The van der Waals surface area contributed by atoms with E-state index < -0.39 is 5.82 Å². The highest BCUT2D eigenvalue weighted by atomic mass is 35.5. The minimum Gasteiger partial charge on any atom is -0.392 e. The molecule has 1 amide bonds. The molecule has 1 heterocycles. The van der Waals surface area contributed by atoms with Crippen molar-refractivity contribution in [1.82, 2.24) is 9.88 Å². The fourth-order valence-electron chi connectivity index (χ4n) is 2.84. The lowest BCUT2D eigenvalue weighted by molar-refractivity contribution is 0.0932. The molecular weight excluding hydrogens is 343 g/mol. The first-order chi connectivity index (χ1) is 11.9. The van der Waals surface area contributed by atoms with Crippen LogP contribution in [0.3, 0.4) is 0 Å². The number of aliphatic hydroxyl groups excluding tert-OH is 1. The maximum atomic E-state index is 13.8. The zero-order valence-corrected chi connectivity index (χ0v) is 14.6. The van der Waals surface area contributed by atoms with Crippen LogP contribution in [0.4, 0.5) is 4.39 Å². The molecule has 25 heavy (non-hydrogen) atoms. The Hall–Kier alpha value is -2.37. The van der Waals surface area contributed by atoms with Crippen LogP contribution in [-0.2, 0) is 13.7 Å². The lowest BCUT2D eigenvalue weighted by Gasteiger charge is -2.15. The Balaban J connectivity index is 1.84. The largest absolute Gasteiger partial charge is 0.392 e. The number of aromatic nitrogens is 1. The molecule has 0 spiro atoms. The molecule has 0 bridgehead atoms. The molecule has 0 saturated carbocycles. The zero-order chi connectivity index (χ0) is 18.1. The summed E-state index contributed by atoms with van der Waals surface area (Å²) in [5.74, 6) is -0.741. The van der Waals surface area contributed by atoms with Crippen LogP contribution in [0.5, 0.6) is 0 Å². The smallest absolute Gasteiger partial charge is 0.268 e. The molecule has 2 N–H and O–H groups in total. The van der Waals surface area contributed by atoms with Crippen LogP contribution in [-0.4, -0.2) is 15.6 Å². The zero-order valence-electron chi connectivity index (χ0n) is 13.9. The van der Waals surface area contributed by atoms with E-state index in [9.17, 15) is 9.18 Å². The van der Waals surface area contributed by atoms with Crippen molar-refractivity contribution in [2.24, 2.45) is 7.05 Å². The number of nitrogens with zero attached hydrogens (tertiary/aromatic N) is 1. The molecule has 4 nitrogen and oxygen atoms in total. The number of rotatable bonds is 4. The average Bonchev–Trinajstić information content (AvgIpc) is 2.91. The Morgan fingerprint density at radius 3 is 2.72 bits per heavy atom. The van der Waals surface area contributed by atoms with E-state index >= 15 is 0 Å². The summed E-state index contributed by atoms with van der Waals surface area (Å²) in [6.45, 7) is 1.43. The standard InChI is InChI=1S/C19H18ClFN2O2/c1-11(12-3-4-14(10-24)16(21)7-12)22-19(25)18-8-13-5-6-15(20)9-17(13)23(18)2/h3-9,11,24H,10H2,1-2H3,(H,22,25). The van der Waals surface area contributed by atoms with Crippen molar-refractivity contribution in [3.63, 3.8) is 0 Å². The third kappa shape index (κ3) is 3.38. The number of aliphatic hydroxyl groups is 1. The van der Waals surface area contributed by atoms with E-state index in [4.69, 9.17) is 16.7 Å². The van der Waals surface area contributed by atoms with Gasteiger partial charge in [-0.1, -0.05) is 29.8 Å². The van der Waals surface area contributed by atoms with Crippen molar-refractivity contribution >= 4 is 28.4 Å². The Labute approximate surface area is 149 Å². The number of amides is 1. The molecule has 0 fully saturated rings. The van der Waals surface area contributed by atoms with Gasteiger partial charge in [0.2, 0.25) is 0 Å². The fourth-order valence-corrected chi connectivity index (χ4v) is 3.00. The van der Waals surface area contributed by atoms with Crippen LogP contribution in [0.25, 0.3) is 10.9 Å². The molecule has 0 aliphatic heterocycles. The molecule has 1 aromatic heterocycles. The molecular formula is C19H18ClFN2O2. The molecule has 1 atom stereocenters. The molecule has 2 aromatic carbocycles. The topological polar surface area (TPSA) is 54.3 Å². The summed E-state index contributed by atoms with van der Waals surface area (Å²) in [5, 5.41) is 13.4. The quantitative estimate of drug-likeness (QED) is 0.740. The first-order valence-electron chi connectivity index (χ1n) is 7.85. The normalized spacial score (nSPS) is 12.4. The van der Waals surface area contributed by atoms with E-state index in [1.54, 1.807) is 42.8 Å². The third-order valence-electron chi connectivity index (χ3n) is 4.34. The molecule has 3 rings (SSSR count). The summed E-state index contributed by atoms with van der Waals surface area (Å²) in [5.41, 5.74) is 2.22. The molecule has 6 heteroatoms. The van der Waals surface area contributed by atoms with E-state index in [0.717, 1.165) is 10.9 Å². The third-order valence-corrected chi connectivity index (χ3v) is 4.57. The van der Waals surface area contributed by atoms with E-state index in [1.165, 1.54) is 12.1 Å². The molecule has 3 aromatic rings. The number of nitrogens with one attached hydrogen (secondary N) is 1. The highest BCUT2D eigenvalue weighted by molar-refractivity contribution is 6.31.